The molecule has 0 spiro atoms. The van der Waals surface area contributed by atoms with Gasteiger partial charge in [0.15, 0.2) is 0 Å². The van der Waals surface area contributed by atoms with Gasteiger partial charge in [-0.15, -0.1) is 0 Å². The largest absolute Gasteiger partial charge is 0.342 e. The van der Waals surface area contributed by atoms with Gasteiger partial charge in [-0.1, -0.05) is 54.6 Å². The van der Waals surface area contributed by atoms with Crippen LogP contribution in [-0.2, 0) is 17.9 Å². The Morgan fingerprint density at radius 3 is 2.41 bits per heavy atom. The van der Waals surface area contributed by atoms with Crippen LogP contribution in [0, 0.1) is 17.1 Å². The summed E-state index contributed by atoms with van der Waals surface area (Å²) in [6.45, 7) is 0.328. The van der Waals surface area contributed by atoms with Gasteiger partial charge in [0.25, 0.3) is 5.91 Å². The Hall–Kier alpha value is -4.70. The van der Waals surface area contributed by atoms with Crippen molar-refractivity contribution in [1.82, 2.24) is 14.8 Å². The molecule has 0 radical (unpaired) electrons. The standard InChI is InChI=1S/C27H19FN4O2/c28-23-11-5-3-9-20(23)17-32-26(33)24(30-27(32)34)13-21-16-31(25-12-6-4-10-22(21)25)15-19-8-2-1-7-18(19)14-29/h1-13,16H,15,17H2,(H,30,34)/b24-13+. The zero-order valence-electron chi connectivity index (χ0n) is 18.0. The molecule has 2 heterocycles. The van der Waals surface area contributed by atoms with Crippen LogP contribution >= 0.6 is 0 Å². The highest BCUT2D eigenvalue weighted by Gasteiger charge is 2.34. The van der Waals surface area contributed by atoms with Gasteiger partial charge >= 0.3 is 6.03 Å². The van der Waals surface area contributed by atoms with E-state index in [2.05, 4.69) is 11.4 Å². The third-order valence-corrected chi connectivity index (χ3v) is 5.85. The Morgan fingerprint density at radius 2 is 1.62 bits per heavy atom. The van der Waals surface area contributed by atoms with E-state index in [0.717, 1.165) is 26.9 Å². The van der Waals surface area contributed by atoms with Crippen molar-refractivity contribution in [2.75, 3.05) is 0 Å². The number of benzene rings is 3. The van der Waals surface area contributed by atoms with Crippen molar-refractivity contribution in [3.63, 3.8) is 0 Å². The zero-order valence-corrected chi connectivity index (χ0v) is 18.0. The Balaban J connectivity index is 1.49. The second-order valence-electron chi connectivity index (χ2n) is 7.97. The number of nitrogens with one attached hydrogen (secondary N) is 1. The Labute approximate surface area is 195 Å². The number of nitriles is 1. The number of carbonyl (C=O) groups excluding carboxylic acids is 2. The van der Waals surface area contributed by atoms with Gasteiger partial charge in [-0.25, -0.2) is 9.18 Å². The molecule has 1 aliphatic heterocycles. The highest BCUT2D eigenvalue weighted by molar-refractivity contribution is 6.14. The lowest BCUT2D eigenvalue weighted by Gasteiger charge is -2.12. The van der Waals surface area contributed by atoms with E-state index in [1.54, 1.807) is 30.3 Å². The number of imide groups is 1. The number of carbonyl (C=O) groups is 2. The van der Waals surface area contributed by atoms with Gasteiger partial charge in [0.2, 0.25) is 0 Å². The lowest BCUT2D eigenvalue weighted by Crippen LogP contribution is -2.30. The minimum absolute atomic E-state index is 0.127. The molecule has 1 fully saturated rings. The molecule has 3 aromatic carbocycles. The summed E-state index contributed by atoms with van der Waals surface area (Å²) in [5.74, 6) is -0.985. The molecule has 0 atom stereocenters. The van der Waals surface area contributed by atoms with Crippen molar-refractivity contribution in [1.29, 1.82) is 5.26 Å². The minimum Gasteiger partial charge on any atom is -0.342 e. The average molecular weight is 450 g/mol. The lowest BCUT2D eigenvalue weighted by atomic mass is 10.1. The van der Waals surface area contributed by atoms with Gasteiger partial charge in [-0.05, 0) is 29.8 Å². The summed E-state index contributed by atoms with van der Waals surface area (Å²) in [4.78, 5) is 26.4. The molecular formula is C27H19FN4O2. The van der Waals surface area contributed by atoms with Crippen LogP contribution in [0.3, 0.4) is 0 Å². The van der Waals surface area contributed by atoms with Crippen LogP contribution in [0.1, 0.15) is 22.3 Å². The molecule has 0 unspecified atom stereocenters. The van der Waals surface area contributed by atoms with Crippen LogP contribution in [0.5, 0.6) is 0 Å². The third-order valence-electron chi connectivity index (χ3n) is 5.85. The molecule has 1 aromatic heterocycles. The summed E-state index contributed by atoms with van der Waals surface area (Å²) in [7, 11) is 0. The normalized spacial score (nSPS) is 14.6. The van der Waals surface area contributed by atoms with Crippen molar-refractivity contribution < 1.29 is 14.0 Å². The molecule has 0 bridgehead atoms. The highest BCUT2D eigenvalue weighted by Crippen LogP contribution is 2.26. The highest BCUT2D eigenvalue weighted by atomic mass is 19.1. The van der Waals surface area contributed by atoms with Crippen molar-refractivity contribution in [3.05, 3.63) is 113 Å². The minimum atomic E-state index is -0.591. The van der Waals surface area contributed by atoms with Crippen molar-refractivity contribution in [2.45, 2.75) is 13.1 Å². The number of fused-ring (bicyclic) bond motifs is 1. The number of urea groups is 1. The second kappa shape index (κ2) is 8.68. The smallest absolute Gasteiger partial charge is 0.329 e. The molecule has 6 nitrogen and oxygen atoms in total. The lowest BCUT2D eigenvalue weighted by molar-refractivity contribution is -0.123. The first-order chi connectivity index (χ1) is 16.5. The molecule has 5 rings (SSSR count). The van der Waals surface area contributed by atoms with Gasteiger partial charge in [-0.2, -0.15) is 5.26 Å². The van der Waals surface area contributed by atoms with Gasteiger partial charge < -0.3 is 9.88 Å². The first-order valence-electron chi connectivity index (χ1n) is 10.7. The molecule has 1 N–H and O–H groups in total. The molecule has 4 aromatic rings. The molecule has 0 saturated carbocycles. The van der Waals surface area contributed by atoms with Gasteiger partial charge in [0.1, 0.15) is 11.5 Å². The Kier molecular flexibility index (Phi) is 5.40. The van der Waals surface area contributed by atoms with Crippen molar-refractivity contribution in [3.8, 4) is 6.07 Å². The molecule has 0 aliphatic carbocycles. The van der Waals surface area contributed by atoms with Gasteiger partial charge in [0.05, 0.1) is 18.2 Å². The maximum atomic E-state index is 14.0. The van der Waals surface area contributed by atoms with E-state index in [0.29, 0.717) is 12.1 Å². The Morgan fingerprint density at radius 1 is 0.912 bits per heavy atom. The van der Waals surface area contributed by atoms with Gasteiger partial charge in [-0.3, -0.25) is 9.69 Å². The number of hydrogen-bond acceptors (Lipinski definition) is 3. The summed E-state index contributed by atoms with van der Waals surface area (Å²) >= 11 is 0. The van der Waals surface area contributed by atoms with Crippen LogP contribution in [0.4, 0.5) is 9.18 Å². The summed E-state index contributed by atoms with van der Waals surface area (Å²) in [5, 5.41) is 12.9. The fourth-order valence-corrected chi connectivity index (χ4v) is 4.14. The Bertz CT molecular complexity index is 1510. The zero-order chi connectivity index (χ0) is 23.7. The van der Waals surface area contributed by atoms with E-state index in [1.165, 1.54) is 6.07 Å². The van der Waals surface area contributed by atoms with Gasteiger partial charge in [0, 0.05) is 34.8 Å². The first kappa shape index (κ1) is 21.2. The van der Waals surface area contributed by atoms with Crippen LogP contribution in [0.15, 0.2) is 84.7 Å². The maximum Gasteiger partial charge on any atom is 0.329 e. The molecule has 1 aliphatic rings. The molecule has 1 saturated heterocycles. The number of para-hydroxylation sites is 1. The number of nitrogens with zero attached hydrogens (tertiary/aromatic N) is 3. The summed E-state index contributed by atoms with van der Waals surface area (Å²) < 4.78 is 16.1. The maximum absolute atomic E-state index is 14.0. The molecule has 3 amide bonds. The monoisotopic (exact) mass is 450 g/mol. The van der Waals surface area contributed by atoms with E-state index in [4.69, 9.17) is 0 Å². The van der Waals surface area contributed by atoms with Crippen LogP contribution in [0.2, 0.25) is 0 Å². The number of amides is 3. The van der Waals surface area contributed by atoms with E-state index in [1.807, 2.05) is 53.2 Å². The van der Waals surface area contributed by atoms with E-state index < -0.39 is 17.8 Å². The fraction of sp³-hybridized carbons (Fsp3) is 0.0741. The van der Waals surface area contributed by atoms with Crippen molar-refractivity contribution >= 4 is 28.9 Å². The third kappa shape index (κ3) is 3.82. The number of halogens is 1. The molecule has 7 heteroatoms. The summed E-state index contributed by atoms with van der Waals surface area (Å²) in [6.07, 6.45) is 3.53. The van der Waals surface area contributed by atoms with E-state index in [-0.39, 0.29) is 17.8 Å². The number of aromatic nitrogens is 1. The van der Waals surface area contributed by atoms with Crippen LogP contribution in [-0.4, -0.2) is 21.4 Å². The first-order valence-corrected chi connectivity index (χ1v) is 10.7. The second-order valence-corrected chi connectivity index (χ2v) is 7.97. The van der Waals surface area contributed by atoms with Crippen LogP contribution in [0.25, 0.3) is 17.0 Å². The average Bonchev–Trinajstić information content (AvgIpc) is 3.32. The van der Waals surface area contributed by atoms with E-state index in [9.17, 15) is 19.2 Å². The summed E-state index contributed by atoms with van der Waals surface area (Å²) in [5.41, 5.74) is 3.55. The predicted molar refractivity (Wildman–Crippen MR) is 126 cm³/mol. The molecule has 34 heavy (non-hydrogen) atoms. The number of rotatable bonds is 5. The molecule has 166 valence electrons. The van der Waals surface area contributed by atoms with Crippen LogP contribution < -0.4 is 5.32 Å². The SMILES string of the molecule is N#Cc1ccccc1Cn1cc(/C=C2/NC(=O)N(Cc3ccccc3F)C2=O)c2ccccc21. The summed E-state index contributed by atoms with van der Waals surface area (Å²) in [6, 6.07) is 22.8. The van der Waals surface area contributed by atoms with Crippen molar-refractivity contribution in [2.24, 2.45) is 0 Å². The predicted octanol–water partition coefficient (Wildman–Crippen LogP) is 4.79. The molecular weight excluding hydrogens is 431 g/mol. The topological polar surface area (TPSA) is 78.1 Å². The quantitative estimate of drug-likeness (QED) is 0.351. The fourth-order valence-electron chi connectivity index (χ4n) is 4.14. The van der Waals surface area contributed by atoms with E-state index >= 15 is 0 Å². The number of hydrogen-bond donors (Lipinski definition) is 1.